The predicted octanol–water partition coefficient (Wildman–Crippen LogP) is 4.92. The molecular formula is C16H23BrO2. The fourth-order valence-electron chi connectivity index (χ4n) is 1.73. The van der Waals surface area contributed by atoms with Gasteiger partial charge in [0.15, 0.2) is 11.5 Å². The standard InChI is InChI=1S/C16H23BrO2/c1-11(2)14(10-17)9-13-7-6-8-15(18-5)16(13)19-12(3)4/h6-9,11-12H,10H2,1-5H3. The molecule has 0 aliphatic heterocycles. The van der Waals surface area contributed by atoms with Crippen LogP contribution in [0.15, 0.2) is 23.8 Å². The van der Waals surface area contributed by atoms with Gasteiger partial charge in [0.25, 0.3) is 0 Å². The lowest BCUT2D eigenvalue weighted by Gasteiger charge is -2.17. The number of allylic oxidation sites excluding steroid dienone is 1. The van der Waals surface area contributed by atoms with Gasteiger partial charge in [0.2, 0.25) is 0 Å². The van der Waals surface area contributed by atoms with Gasteiger partial charge in [-0.25, -0.2) is 0 Å². The Balaban J connectivity index is 3.25. The minimum Gasteiger partial charge on any atom is -0.493 e. The Kier molecular flexibility index (Phi) is 6.43. The molecule has 0 saturated heterocycles. The summed E-state index contributed by atoms with van der Waals surface area (Å²) in [6.07, 6.45) is 2.30. The van der Waals surface area contributed by atoms with Crippen LogP contribution in [0, 0.1) is 5.92 Å². The molecule has 0 atom stereocenters. The van der Waals surface area contributed by atoms with Gasteiger partial charge in [-0.1, -0.05) is 53.6 Å². The van der Waals surface area contributed by atoms with E-state index in [0.29, 0.717) is 5.92 Å². The Labute approximate surface area is 124 Å². The van der Waals surface area contributed by atoms with E-state index in [1.165, 1.54) is 5.57 Å². The zero-order valence-corrected chi connectivity index (χ0v) is 14.0. The number of methoxy groups -OCH3 is 1. The van der Waals surface area contributed by atoms with E-state index >= 15 is 0 Å². The molecule has 0 heterocycles. The van der Waals surface area contributed by atoms with E-state index in [9.17, 15) is 0 Å². The second-order valence-electron chi connectivity index (χ2n) is 5.05. The molecule has 0 spiro atoms. The number of benzene rings is 1. The minimum absolute atomic E-state index is 0.120. The van der Waals surface area contributed by atoms with Crippen molar-refractivity contribution in [1.82, 2.24) is 0 Å². The molecule has 106 valence electrons. The van der Waals surface area contributed by atoms with Crippen LogP contribution in [0.1, 0.15) is 33.3 Å². The maximum atomic E-state index is 5.91. The monoisotopic (exact) mass is 326 g/mol. The van der Waals surface area contributed by atoms with Crippen molar-refractivity contribution in [3.63, 3.8) is 0 Å². The summed E-state index contributed by atoms with van der Waals surface area (Å²) in [5, 5.41) is 0.864. The Morgan fingerprint density at radius 3 is 2.42 bits per heavy atom. The van der Waals surface area contributed by atoms with Crippen LogP contribution in [0.3, 0.4) is 0 Å². The molecule has 0 amide bonds. The van der Waals surface area contributed by atoms with E-state index in [1.807, 2.05) is 26.0 Å². The smallest absolute Gasteiger partial charge is 0.168 e. The highest BCUT2D eigenvalue weighted by Crippen LogP contribution is 2.34. The third-order valence-electron chi connectivity index (χ3n) is 2.82. The van der Waals surface area contributed by atoms with Gasteiger partial charge in [-0.3, -0.25) is 0 Å². The number of halogens is 1. The van der Waals surface area contributed by atoms with Crippen molar-refractivity contribution in [1.29, 1.82) is 0 Å². The zero-order chi connectivity index (χ0) is 14.4. The number of hydrogen-bond donors (Lipinski definition) is 0. The van der Waals surface area contributed by atoms with Gasteiger partial charge in [-0.05, 0) is 25.8 Å². The molecule has 1 aromatic carbocycles. The van der Waals surface area contributed by atoms with Crippen molar-refractivity contribution in [2.24, 2.45) is 5.92 Å². The summed E-state index contributed by atoms with van der Waals surface area (Å²) in [7, 11) is 1.67. The first-order chi connectivity index (χ1) is 8.99. The largest absolute Gasteiger partial charge is 0.493 e. The molecule has 0 saturated carbocycles. The fourth-order valence-corrected chi connectivity index (χ4v) is 2.54. The molecule has 0 unspecified atom stereocenters. The van der Waals surface area contributed by atoms with Gasteiger partial charge in [0, 0.05) is 10.9 Å². The molecule has 0 bridgehead atoms. The molecule has 19 heavy (non-hydrogen) atoms. The molecule has 2 nitrogen and oxygen atoms in total. The van der Waals surface area contributed by atoms with Gasteiger partial charge < -0.3 is 9.47 Å². The molecule has 0 N–H and O–H groups in total. The third-order valence-corrected chi connectivity index (χ3v) is 3.47. The first-order valence-corrected chi connectivity index (χ1v) is 7.71. The summed E-state index contributed by atoms with van der Waals surface area (Å²) in [6.45, 7) is 8.42. The fraction of sp³-hybridized carbons (Fsp3) is 0.500. The lowest BCUT2D eigenvalue weighted by Crippen LogP contribution is -2.08. The second-order valence-corrected chi connectivity index (χ2v) is 5.61. The predicted molar refractivity (Wildman–Crippen MR) is 85.4 cm³/mol. The van der Waals surface area contributed by atoms with Gasteiger partial charge in [-0.2, -0.15) is 0 Å². The number of hydrogen-bond acceptors (Lipinski definition) is 2. The quantitative estimate of drug-likeness (QED) is 0.691. The van der Waals surface area contributed by atoms with Gasteiger partial charge >= 0.3 is 0 Å². The minimum atomic E-state index is 0.120. The van der Waals surface area contributed by atoms with Crippen molar-refractivity contribution in [2.45, 2.75) is 33.8 Å². The van der Waals surface area contributed by atoms with Gasteiger partial charge in [-0.15, -0.1) is 0 Å². The van der Waals surface area contributed by atoms with Crippen LogP contribution in [0.5, 0.6) is 11.5 Å². The Morgan fingerprint density at radius 1 is 1.26 bits per heavy atom. The van der Waals surface area contributed by atoms with Crippen LogP contribution in [0.4, 0.5) is 0 Å². The normalized spacial score (nSPS) is 12.1. The highest BCUT2D eigenvalue weighted by molar-refractivity contribution is 9.09. The van der Waals surface area contributed by atoms with E-state index in [-0.39, 0.29) is 6.10 Å². The highest BCUT2D eigenvalue weighted by Gasteiger charge is 2.12. The average Bonchev–Trinajstić information content (AvgIpc) is 2.36. The lowest BCUT2D eigenvalue weighted by atomic mass is 10.0. The van der Waals surface area contributed by atoms with Gasteiger partial charge in [0.05, 0.1) is 13.2 Å². The van der Waals surface area contributed by atoms with Crippen LogP contribution in [-0.4, -0.2) is 18.5 Å². The summed E-state index contributed by atoms with van der Waals surface area (Å²) in [5.41, 5.74) is 2.40. The summed E-state index contributed by atoms with van der Waals surface area (Å²) in [6, 6.07) is 5.98. The topological polar surface area (TPSA) is 18.5 Å². The van der Waals surface area contributed by atoms with Crippen LogP contribution in [0.2, 0.25) is 0 Å². The van der Waals surface area contributed by atoms with Crippen molar-refractivity contribution in [3.8, 4) is 11.5 Å². The van der Waals surface area contributed by atoms with Crippen molar-refractivity contribution < 1.29 is 9.47 Å². The molecule has 0 fully saturated rings. The molecule has 0 aromatic heterocycles. The molecular weight excluding hydrogens is 304 g/mol. The molecule has 0 aliphatic rings. The number of ether oxygens (including phenoxy) is 2. The van der Waals surface area contributed by atoms with Crippen molar-refractivity contribution >= 4 is 22.0 Å². The van der Waals surface area contributed by atoms with Crippen molar-refractivity contribution in [2.75, 3.05) is 12.4 Å². The van der Waals surface area contributed by atoms with Crippen LogP contribution < -0.4 is 9.47 Å². The van der Waals surface area contributed by atoms with Crippen LogP contribution in [0.25, 0.3) is 6.08 Å². The van der Waals surface area contributed by atoms with Crippen LogP contribution >= 0.6 is 15.9 Å². The Hall–Kier alpha value is -0.960. The zero-order valence-electron chi connectivity index (χ0n) is 12.4. The first-order valence-electron chi connectivity index (χ1n) is 6.59. The number of alkyl halides is 1. The molecule has 3 heteroatoms. The third kappa shape index (κ3) is 4.57. The average molecular weight is 327 g/mol. The Bertz CT molecular complexity index is 436. The van der Waals surface area contributed by atoms with Crippen LogP contribution in [-0.2, 0) is 0 Å². The maximum Gasteiger partial charge on any atom is 0.168 e. The molecule has 0 aliphatic carbocycles. The van der Waals surface area contributed by atoms with E-state index < -0.39 is 0 Å². The van der Waals surface area contributed by atoms with E-state index in [0.717, 1.165) is 22.4 Å². The first kappa shape index (κ1) is 16.1. The SMILES string of the molecule is COc1cccc(C=C(CBr)C(C)C)c1OC(C)C. The second kappa shape index (κ2) is 7.59. The van der Waals surface area contributed by atoms with Crippen molar-refractivity contribution in [3.05, 3.63) is 29.3 Å². The summed E-state index contributed by atoms with van der Waals surface area (Å²) < 4.78 is 11.3. The summed E-state index contributed by atoms with van der Waals surface area (Å²) in [4.78, 5) is 0. The lowest BCUT2D eigenvalue weighted by molar-refractivity contribution is 0.229. The number of rotatable bonds is 6. The summed E-state index contributed by atoms with van der Waals surface area (Å²) >= 11 is 3.54. The Morgan fingerprint density at radius 2 is 1.95 bits per heavy atom. The summed E-state index contributed by atoms with van der Waals surface area (Å²) in [5.74, 6) is 2.09. The number of para-hydroxylation sites is 1. The van der Waals surface area contributed by atoms with E-state index in [1.54, 1.807) is 7.11 Å². The molecule has 1 aromatic rings. The van der Waals surface area contributed by atoms with E-state index in [2.05, 4.69) is 41.9 Å². The maximum absolute atomic E-state index is 5.91. The molecule has 0 radical (unpaired) electrons. The molecule has 1 rings (SSSR count). The van der Waals surface area contributed by atoms with Gasteiger partial charge in [0.1, 0.15) is 0 Å². The highest BCUT2D eigenvalue weighted by atomic mass is 79.9. The van der Waals surface area contributed by atoms with E-state index in [4.69, 9.17) is 9.47 Å².